The molecule has 0 saturated carbocycles. The standard InChI is InChI=1S/C19H23Cl2N3O3S/c1-14(19(25)22-11-12-23(2)16-7-5-4-6-8-16)24(28(3,26)27)18-13-15(20)9-10-17(18)21/h4-10,13-14H,11-12H2,1-3H3,(H,22,25)/t14-/m0/s1. The monoisotopic (exact) mass is 443 g/mol. The molecule has 0 aromatic heterocycles. The van der Waals surface area contributed by atoms with Crippen LogP contribution in [0.4, 0.5) is 11.4 Å². The van der Waals surface area contributed by atoms with E-state index in [2.05, 4.69) is 5.32 Å². The van der Waals surface area contributed by atoms with E-state index in [0.29, 0.717) is 18.1 Å². The molecule has 28 heavy (non-hydrogen) atoms. The van der Waals surface area contributed by atoms with Gasteiger partial charge in [-0.1, -0.05) is 41.4 Å². The molecule has 0 spiro atoms. The number of para-hydroxylation sites is 1. The number of sulfonamides is 1. The minimum atomic E-state index is -3.77. The Hall–Kier alpha value is -1.96. The second-order valence-corrected chi connectivity index (χ2v) is 9.08. The Morgan fingerprint density at radius 3 is 2.39 bits per heavy atom. The Labute approximate surface area is 176 Å². The van der Waals surface area contributed by atoms with Crippen LogP contribution in [0.3, 0.4) is 0 Å². The van der Waals surface area contributed by atoms with Crippen molar-refractivity contribution in [3.05, 3.63) is 58.6 Å². The lowest BCUT2D eigenvalue weighted by molar-refractivity contribution is -0.121. The Morgan fingerprint density at radius 2 is 1.79 bits per heavy atom. The fourth-order valence-electron chi connectivity index (χ4n) is 2.74. The van der Waals surface area contributed by atoms with Crippen molar-refractivity contribution in [3.8, 4) is 0 Å². The molecule has 0 unspecified atom stereocenters. The highest BCUT2D eigenvalue weighted by molar-refractivity contribution is 7.92. The third-order valence-corrected chi connectivity index (χ3v) is 5.96. The van der Waals surface area contributed by atoms with Crippen LogP contribution in [0.25, 0.3) is 0 Å². The third kappa shape index (κ3) is 5.77. The molecule has 2 aromatic carbocycles. The van der Waals surface area contributed by atoms with Gasteiger partial charge < -0.3 is 10.2 Å². The predicted octanol–water partition coefficient (Wildman–Crippen LogP) is 3.40. The Balaban J connectivity index is 2.09. The Bertz CT molecular complexity index is 923. The van der Waals surface area contributed by atoms with Crippen LogP contribution in [0.2, 0.25) is 10.0 Å². The number of rotatable bonds is 8. The van der Waals surface area contributed by atoms with Crippen molar-refractivity contribution in [3.63, 3.8) is 0 Å². The van der Waals surface area contributed by atoms with Gasteiger partial charge in [0.15, 0.2) is 0 Å². The maximum Gasteiger partial charge on any atom is 0.243 e. The van der Waals surface area contributed by atoms with Gasteiger partial charge in [0.2, 0.25) is 15.9 Å². The topological polar surface area (TPSA) is 69.7 Å². The maximum atomic E-state index is 12.6. The number of amides is 1. The lowest BCUT2D eigenvalue weighted by Crippen LogP contribution is -2.49. The number of hydrogen-bond acceptors (Lipinski definition) is 4. The van der Waals surface area contributed by atoms with Crippen LogP contribution < -0.4 is 14.5 Å². The minimum absolute atomic E-state index is 0.167. The van der Waals surface area contributed by atoms with Crippen LogP contribution in [0.1, 0.15) is 6.92 Å². The molecule has 1 atom stereocenters. The van der Waals surface area contributed by atoms with Crippen molar-refractivity contribution >= 4 is 50.5 Å². The Morgan fingerprint density at radius 1 is 1.14 bits per heavy atom. The fourth-order valence-corrected chi connectivity index (χ4v) is 4.35. The summed E-state index contributed by atoms with van der Waals surface area (Å²) in [6.07, 6.45) is 1.02. The van der Waals surface area contributed by atoms with E-state index in [1.54, 1.807) is 6.07 Å². The SMILES string of the molecule is C[C@@H](C(=O)NCCN(C)c1ccccc1)N(c1cc(Cl)ccc1Cl)S(C)(=O)=O. The van der Waals surface area contributed by atoms with Crippen LogP contribution in [-0.4, -0.2) is 46.8 Å². The molecule has 0 radical (unpaired) electrons. The molecule has 6 nitrogen and oxygen atoms in total. The van der Waals surface area contributed by atoms with Gasteiger partial charge in [0.25, 0.3) is 0 Å². The van der Waals surface area contributed by atoms with E-state index in [4.69, 9.17) is 23.2 Å². The van der Waals surface area contributed by atoms with Crippen molar-refractivity contribution in [2.45, 2.75) is 13.0 Å². The molecule has 2 aromatic rings. The molecule has 9 heteroatoms. The number of nitrogens with one attached hydrogen (secondary N) is 1. The number of benzene rings is 2. The summed E-state index contributed by atoms with van der Waals surface area (Å²) in [6, 6.07) is 13.2. The number of nitrogens with zero attached hydrogens (tertiary/aromatic N) is 2. The molecule has 0 fully saturated rings. The predicted molar refractivity (Wildman–Crippen MR) is 116 cm³/mol. The maximum absolute atomic E-state index is 12.6. The van der Waals surface area contributed by atoms with Gasteiger partial charge in [0, 0.05) is 30.8 Å². The summed E-state index contributed by atoms with van der Waals surface area (Å²) in [5.74, 6) is -0.428. The zero-order chi connectivity index (χ0) is 20.9. The molecular formula is C19H23Cl2N3O3S. The van der Waals surface area contributed by atoms with E-state index in [-0.39, 0.29) is 10.7 Å². The zero-order valence-corrected chi connectivity index (χ0v) is 18.2. The smallest absolute Gasteiger partial charge is 0.243 e. The van der Waals surface area contributed by atoms with Crippen LogP contribution >= 0.6 is 23.2 Å². The molecule has 0 aliphatic carbocycles. The van der Waals surface area contributed by atoms with E-state index in [0.717, 1.165) is 16.2 Å². The van der Waals surface area contributed by atoms with Crippen molar-refractivity contribution < 1.29 is 13.2 Å². The van der Waals surface area contributed by atoms with E-state index in [1.165, 1.54) is 19.1 Å². The summed E-state index contributed by atoms with van der Waals surface area (Å²) < 4.78 is 25.7. The summed E-state index contributed by atoms with van der Waals surface area (Å²) >= 11 is 12.1. The normalized spacial score (nSPS) is 12.3. The first kappa shape index (κ1) is 22.3. The van der Waals surface area contributed by atoms with E-state index >= 15 is 0 Å². The van der Waals surface area contributed by atoms with E-state index < -0.39 is 22.0 Å². The first-order chi connectivity index (χ1) is 13.1. The average Bonchev–Trinajstić information content (AvgIpc) is 2.64. The lowest BCUT2D eigenvalue weighted by Gasteiger charge is -2.29. The molecule has 2 rings (SSSR count). The second kappa shape index (κ2) is 9.49. The van der Waals surface area contributed by atoms with Gasteiger partial charge in [-0.05, 0) is 37.3 Å². The van der Waals surface area contributed by atoms with Crippen molar-refractivity contribution in [2.75, 3.05) is 35.6 Å². The van der Waals surface area contributed by atoms with Gasteiger partial charge >= 0.3 is 0 Å². The summed E-state index contributed by atoms with van der Waals surface area (Å²) in [6.45, 7) is 2.43. The summed E-state index contributed by atoms with van der Waals surface area (Å²) in [5, 5.41) is 3.29. The van der Waals surface area contributed by atoms with Gasteiger partial charge in [-0.2, -0.15) is 0 Å². The second-order valence-electron chi connectivity index (χ2n) is 6.38. The highest BCUT2D eigenvalue weighted by atomic mass is 35.5. The first-order valence-corrected chi connectivity index (χ1v) is 11.2. The van der Waals surface area contributed by atoms with Crippen molar-refractivity contribution in [1.82, 2.24) is 5.32 Å². The van der Waals surface area contributed by atoms with Crippen molar-refractivity contribution in [1.29, 1.82) is 0 Å². The molecule has 1 amide bonds. The number of carbonyl (C=O) groups excluding carboxylic acids is 1. The van der Waals surface area contributed by atoms with Gasteiger partial charge in [-0.3, -0.25) is 9.10 Å². The van der Waals surface area contributed by atoms with Crippen LogP contribution in [-0.2, 0) is 14.8 Å². The number of hydrogen-bond donors (Lipinski definition) is 1. The van der Waals surface area contributed by atoms with Gasteiger partial charge in [-0.25, -0.2) is 8.42 Å². The fraction of sp³-hybridized carbons (Fsp3) is 0.316. The van der Waals surface area contributed by atoms with Crippen molar-refractivity contribution in [2.24, 2.45) is 0 Å². The summed E-state index contributed by atoms with van der Waals surface area (Å²) in [4.78, 5) is 14.6. The van der Waals surface area contributed by atoms with Crippen LogP contribution in [0.5, 0.6) is 0 Å². The highest BCUT2D eigenvalue weighted by Crippen LogP contribution is 2.32. The Kier molecular flexibility index (Phi) is 7.57. The van der Waals surface area contributed by atoms with E-state index in [9.17, 15) is 13.2 Å². The average molecular weight is 444 g/mol. The number of likely N-dealkylation sites (N-methyl/N-ethyl adjacent to an activating group) is 1. The molecule has 0 bridgehead atoms. The van der Waals surface area contributed by atoms with Gasteiger partial charge in [0.1, 0.15) is 6.04 Å². The number of carbonyl (C=O) groups is 1. The van der Waals surface area contributed by atoms with Gasteiger partial charge in [-0.15, -0.1) is 0 Å². The lowest BCUT2D eigenvalue weighted by atomic mass is 10.2. The molecule has 0 aliphatic heterocycles. The summed E-state index contributed by atoms with van der Waals surface area (Å²) in [7, 11) is -1.85. The van der Waals surface area contributed by atoms with Crippen LogP contribution in [0, 0.1) is 0 Å². The first-order valence-electron chi connectivity index (χ1n) is 8.59. The highest BCUT2D eigenvalue weighted by Gasteiger charge is 2.30. The zero-order valence-electron chi connectivity index (χ0n) is 15.9. The molecule has 0 heterocycles. The number of anilines is 2. The third-order valence-electron chi connectivity index (χ3n) is 4.18. The molecular weight excluding hydrogens is 421 g/mol. The number of halogens is 2. The summed E-state index contributed by atoms with van der Waals surface area (Å²) in [5.41, 5.74) is 1.19. The van der Waals surface area contributed by atoms with Gasteiger partial charge in [0.05, 0.1) is 17.0 Å². The van der Waals surface area contributed by atoms with Crippen LogP contribution in [0.15, 0.2) is 48.5 Å². The minimum Gasteiger partial charge on any atom is -0.373 e. The molecule has 152 valence electrons. The largest absolute Gasteiger partial charge is 0.373 e. The molecule has 0 aliphatic rings. The molecule has 0 saturated heterocycles. The van der Waals surface area contributed by atoms with E-state index in [1.807, 2.05) is 42.3 Å². The quantitative estimate of drug-likeness (QED) is 0.678. The molecule has 1 N–H and O–H groups in total.